The van der Waals surface area contributed by atoms with Crippen molar-refractivity contribution in [3.63, 3.8) is 0 Å². The Morgan fingerprint density at radius 1 is 1.25 bits per heavy atom. The van der Waals surface area contributed by atoms with Crippen LogP contribution >= 0.6 is 11.6 Å². The third-order valence-corrected chi connectivity index (χ3v) is 4.36. The zero-order valence-electron chi connectivity index (χ0n) is 14.9. The Labute approximate surface area is 148 Å². The van der Waals surface area contributed by atoms with Gasteiger partial charge in [-0.25, -0.2) is 0 Å². The average molecular weight is 349 g/mol. The van der Waals surface area contributed by atoms with Gasteiger partial charge in [0.2, 0.25) is 0 Å². The molecular weight excluding hydrogens is 324 g/mol. The van der Waals surface area contributed by atoms with E-state index in [9.17, 15) is 0 Å². The van der Waals surface area contributed by atoms with Crippen LogP contribution in [-0.4, -0.2) is 24.7 Å². The summed E-state index contributed by atoms with van der Waals surface area (Å²) < 4.78 is 5.25. The van der Waals surface area contributed by atoms with Gasteiger partial charge in [0, 0.05) is 30.1 Å². The topological polar surface area (TPSA) is 62.5 Å². The second-order valence-electron chi connectivity index (χ2n) is 6.01. The van der Waals surface area contributed by atoms with Gasteiger partial charge in [-0.1, -0.05) is 35.8 Å². The predicted octanol–water partition coefficient (Wildman–Crippen LogP) is 3.97. The van der Waals surface area contributed by atoms with E-state index < -0.39 is 0 Å². The van der Waals surface area contributed by atoms with Crippen molar-refractivity contribution in [3.05, 3.63) is 51.9 Å². The van der Waals surface area contributed by atoms with Crippen molar-refractivity contribution in [2.45, 2.75) is 39.7 Å². The highest BCUT2D eigenvalue weighted by Crippen LogP contribution is 2.22. The van der Waals surface area contributed by atoms with Crippen LogP contribution < -0.4 is 10.6 Å². The van der Waals surface area contributed by atoms with Gasteiger partial charge in [0.25, 0.3) is 0 Å². The van der Waals surface area contributed by atoms with Gasteiger partial charge in [0.15, 0.2) is 5.96 Å². The van der Waals surface area contributed by atoms with Gasteiger partial charge >= 0.3 is 0 Å². The third kappa shape index (κ3) is 4.51. The maximum Gasteiger partial charge on any atom is 0.191 e. The zero-order chi connectivity index (χ0) is 17.7. The summed E-state index contributed by atoms with van der Waals surface area (Å²) in [6, 6.07) is 7.94. The second-order valence-corrected chi connectivity index (χ2v) is 6.45. The van der Waals surface area contributed by atoms with E-state index >= 15 is 0 Å². The molecule has 1 aromatic heterocycles. The fourth-order valence-electron chi connectivity index (χ4n) is 2.78. The van der Waals surface area contributed by atoms with Crippen molar-refractivity contribution in [1.82, 2.24) is 15.8 Å². The lowest BCUT2D eigenvalue weighted by Crippen LogP contribution is -2.40. The lowest BCUT2D eigenvalue weighted by molar-refractivity contribution is 0.391. The molecule has 2 unspecified atom stereocenters. The van der Waals surface area contributed by atoms with Crippen LogP contribution in [0.15, 0.2) is 33.8 Å². The summed E-state index contributed by atoms with van der Waals surface area (Å²) in [7, 11) is 1.77. The number of halogens is 1. The first-order valence-corrected chi connectivity index (χ1v) is 8.45. The maximum absolute atomic E-state index is 5.94. The summed E-state index contributed by atoms with van der Waals surface area (Å²) in [6.45, 7) is 8.90. The highest BCUT2D eigenvalue weighted by atomic mass is 35.5. The second kappa shape index (κ2) is 8.20. The lowest BCUT2D eigenvalue weighted by atomic mass is 10.00. The van der Waals surface area contributed by atoms with Crippen molar-refractivity contribution in [2.75, 3.05) is 13.6 Å². The number of benzene rings is 1. The number of hydrogen-bond acceptors (Lipinski definition) is 3. The van der Waals surface area contributed by atoms with Crippen molar-refractivity contribution in [2.24, 2.45) is 4.99 Å². The van der Waals surface area contributed by atoms with E-state index in [1.807, 2.05) is 38.1 Å². The van der Waals surface area contributed by atoms with Crippen LogP contribution in [0.2, 0.25) is 5.02 Å². The van der Waals surface area contributed by atoms with Crippen molar-refractivity contribution < 1.29 is 4.52 Å². The van der Waals surface area contributed by atoms with Crippen LogP contribution in [0, 0.1) is 13.8 Å². The molecule has 6 heteroatoms. The fraction of sp³-hybridized carbons (Fsp3) is 0.444. The van der Waals surface area contributed by atoms with Gasteiger partial charge in [0.1, 0.15) is 5.76 Å². The van der Waals surface area contributed by atoms with Crippen molar-refractivity contribution >= 4 is 17.6 Å². The SMILES string of the molecule is CN=C(NCC(C)c1c(C)noc1C)NC(C)c1ccc(Cl)cc1. The number of nitrogens with one attached hydrogen (secondary N) is 2. The van der Waals surface area contributed by atoms with E-state index in [0.717, 1.165) is 40.1 Å². The summed E-state index contributed by atoms with van der Waals surface area (Å²) in [5.41, 5.74) is 3.25. The van der Waals surface area contributed by atoms with Crippen LogP contribution in [0.1, 0.15) is 48.4 Å². The molecule has 0 amide bonds. The minimum absolute atomic E-state index is 0.128. The number of aromatic nitrogens is 1. The van der Waals surface area contributed by atoms with Crippen LogP contribution in [0.3, 0.4) is 0 Å². The van der Waals surface area contributed by atoms with Gasteiger partial charge in [-0.2, -0.15) is 0 Å². The van der Waals surface area contributed by atoms with E-state index in [1.165, 1.54) is 0 Å². The van der Waals surface area contributed by atoms with Gasteiger partial charge < -0.3 is 15.2 Å². The summed E-state index contributed by atoms with van der Waals surface area (Å²) in [5, 5.41) is 11.5. The Hall–Kier alpha value is -2.01. The van der Waals surface area contributed by atoms with E-state index in [0.29, 0.717) is 0 Å². The first-order chi connectivity index (χ1) is 11.4. The molecule has 0 fully saturated rings. The molecule has 2 N–H and O–H groups in total. The number of nitrogens with zero attached hydrogens (tertiary/aromatic N) is 2. The lowest BCUT2D eigenvalue weighted by Gasteiger charge is -2.20. The molecule has 1 aromatic carbocycles. The summed E-state index contributed by atoms with van der Waals surface area (Å²) in [5.74, 6) is 1.91. The Morgan fingerprint density at radius 2 is 1.92 bits per heavy atom. The number of aryl methyl sites for hydroxylation is 2. The molecule has 2 rings (SSSR count). The van der Waals surface area contributed by atoms with Crippen LogP contribution in [0.4, 0.5) is 0 Å². The number of hydrogen-bond donors (Lipinski definition) is 2. The van der Waals surface area contributed by atoms with E-state index in [4.69, 9.17) is 16.1 Å². The van der Waals surface area contributed by atoms with Crippen molar-refractivity contribution in [3.8, 4) is 0 Å². The maximum atomic E-state index is 5.94. The first kappa shape index (κ1) is 18.3. The Morgan fingerprint density at radius 3 is 2.46 bits per heavy atom. The smallest absolute Gasteiger partial charge is 0.191 e. The predicted molar refractivity (Wildman–Crippen MR) is 98.8 cm³/mol. The van der Waals surface area contributed by atoms with Crippen LogP contribution in [0.5, 0.6) is 0 Å². The van der Waals surface area contributed by atoms with Gasteiger partial charge in [0.05, 0.1) is 11.7 Å². The molecule has 0 aliphatic rings. The average Bonchev–Trinajstić information content (AvgIpc) is 2.90. The molecule has 130 valence electrons. The normalized spacial score (nSPS) is 14.3. The van der Waals surface area contributed by atoms with Gasteiger partial charge in [-0.15, -0.1) is 0 Å². The van der Waals surface area contributed by atoms with E-state index in [1.54, 1.807) is 7.05 Å². The molecule has 5 nitrogen and oxygen atoms in total. The molecule has 0 aliphatic heterocycles. The highest BCUT2D eigenvalue weighted by Gasteiger charge is 2.17. The first-order valence-electron chi connectivity index (χ1n) is 8.07. The minimum Gasteiger partial charge on any atom is -0.361 e. The van der Waals surface area contributed by atoms with Crippen LogP contribution in [-0.2, 0) is 0 Å². The summed E-state index contributed by atoms with van der Waals surface area (Å²) in [6.07, 6.45) is 0. The van der Waals surface area contributed by atoms with Crippen LogP contribution in [0.25, 0.3) is 0 Å². The van der Waals surface area contributed by atoms with Gasteiger partial charge in [-0.05, 0) is 38.5 Å². The minimum atomic E-state index is 0.128. The number of rotatable bonds is 5. The van der Waals surface area contributed by atoms with E-state index in [2.05, 4.69) is 34.6 Å². The molecule has 0 radical (unpaired) electrons. The zero-order valence-corrected chi connectivity index (χ0v) is 15.6. The molecule has 0 aliphatic carbocycles. The molecule has 2 atom stereocenters. The summed E-state index contributed by atoms with van der Waals surface area (Å²) in [4.78, 5) is 4.30. The number of aliphatic imine (C=N–C) groups is 1. The van der Waals surface area contributed by atoms with E-state index in [-0.39, 0.29) is 12.0 Å². The molecule has 24 heavy (non-hydrogen) atoms. The Bertz CT molecular complexity index is 674. The number of guanidine groups is 1. The molecule has 0 bridgehead atoms. The summed E-state index contributed by atoms with van der Waals surface area (Å²) >= 11 is 5.94. The Kier molecular flexibility index (Phi) is 6.26. The van der Waals surface area contributed by atoms with Crippen molar-refractivity contribution in [1.29, 1.82) is 0 Å². The third-order valence-electron chi connectivity index (χ3n) is 4.10. The molecule has 0 saturated carbocycles. The highest BCUT2D eigenvalue weighted by molar-refractivity contribution is 6.30. The standard InChI is InChI=1S/C18H25ClN4O/c1-11(17-13(3)23-24-14(17)4)10-21-18(20-5)22-12(2)15-6-8-16(19)9-7-15/h6-9,11-12H,10H2,1-5H3,(H2,20,21,22). The van der Waals surface area contributed by atoms with Gasteiger partial charge in [-0.3, -0.25) is 4.99 Å². The molecule has 1 heterocycles. The molecule has 0 spiro atoms. The molecular formula is C18H25ClN4O. The molecule has 2 aromatic rings. The molecule has 0 saturated heterocycles. The fourth-order valence-corrected chi connectivity index (χ4v) is 2.91. The largest absolute Gasteiger partial charge is 0.361 e. The quantitative estimate of drug-likeness (QED) is 0.634. The Balaban J connectivity index is 1.94. The monoisotopic (exact) mass is 348 g/mol.